The molecule has 0 bridgehead atoms. The number of methoxy groups -OCH3 is 1. The summed E-state index contributed by atoms with van der Waals surface area (Å²) in [6.45, 7) is 0. The SMILES string of the molecule is COc1cccc([C@@H]2C[C@@H]2C(=O)NS(=O)(=O)Cc2ccc(Cl)nc2)c1. The van der Waals surface area contributed by atoms with Crippen LogP contribution >= 0.6 is 11.6 Å². The summed E-state index contributed by atoms with van der Waals surface area (Å²) in [5.41, 5.74) is 1.43. The van der Waals surface area contributed by atoms with E-state index < -0.39 is 15.9 Å². The fourth-order valence-corrected chi connectivity index (χ4v) is 3.95. The molecule has 0 saturated heterocycles. The Morgan fingerprint density at radius 3 is 2.84 bits per heavy atom. The van der Waals surface area contributed by atoms with Crippen LogP contribution in [0.5, 0.6) is 5.75 Å². The minimum atomic E-state index is -3.78. The number of hydrogen-bond acceptors (Lipinski definition) is 5. The number of nitrogens with one attached hydrogen (secondary N) is 1. The molecule has 0 radical (unpaired) electrons. The van der Waals surface area contributed by atoms with E-state index in [1.807, 2.05) is 24.3 Å². The number of halogens is 1. The second-order valence-corrected chi connectivity index (χ2v) is 8.05. The number of aromatic nitrogens is 1. The van der Waals surface area contributed by atoms with E-state index in [0.29, 0.717) is 17.7 Å². The van der Waals surface area contributed by atoms with Gasteiger partial charge in [0.1, 0.15) is 10.9 Å². The fraction of sp³-hybridized carbons (Fsp3) is 0.294. The fourth-order valence-electron chi connectivity index (χ4n) is 2.70. The van der Waals surface area contributed by atoms with Gasteiger partial charge in [0, 0.05) is 12.1 Å². The molecule has 1 fully saturated rings. The van der Waals surface area contributed by atoms with E-state index in [-0.39, 0.29) is 22.7 Å². The van der Waals surface area contributed by atoms with Gasteiger partial charge in [0.15, 0.2) is 0 Å². The van der Waals surface area contributed by atoms with Crippen molar-refractivity contribution < 1.29 is 17.9 Å². The predicted octanol–water partition coefficient (Wildman–Crippen LogP) is 2.49. The third-order valence-corrected chi connectivity index (χ3v) is 5.50. The summed E-state index contributed by atoms with van der Waals surface area (Å²) in [6.07, 6.45) is 2.00. The highest BCUT2D eigenvalue weighted by atomic mass is 35.5. The van der Waals surface area contributed by atoms with E-state index in [0.717, 1.165) is 5.56 Å². The lowest BCUT2D eigenvalue weighted by Gasteiger charge is -2.07. The van der Waals surface area contributed by atoms with Crippen molar-refractivity contribution in [2.75, 3.05) is 7.11 Å². The second kappa shape index (κ2) is 7.01. The molecule has 0 aliphatic heterocycles. The van der Waals surface area contributed by atoms with E-state index in [9.17, 15) is 13.2 Å². The Kier molecular flexibility index (Phi) is 4.96. The lowest BCUT2D eigenvalue weighted by molar-refractivity contribution is -0.120. The van der Waals surface area contributed by atoms with E-state index in [2.05, 4.69) is 9.71 Å². The van der Waals surface area contributed by atoms with Crippen LogP contribution in [0, 0.1) is 5.92 Å². The highest BCUT2D eigenvalue weighted by Crippen LogP contribution is 2.48. The van der Waals surface area contributed by atoms with Crippen LogP contribution in [0.3, 0.4) is 0 Å². The molecule has 25 heavy (non-hydrogen) atoms. The number of amides is 1. The zero-order valence-electron chi connectivity index (χ0n) is 13.5. The lowest BCUT2D eigenvalue weighted by Crippen LogP contribution is -2.33. The summed E-state index contributed by atoms with van der Waals surface area (Å²) >= 11 is 5.67. The maximum atomic E-state index is 12.2. The predicted molar refractivity (Wildman–Crippen MR) is 93.9 cm³/mol. The van der Waals surface area contributed by atoms with Gasteiger partial charge in [0.2, 0.25) is 15.9 Å². The minimum absolute atomic E-state index is 0.0162. The first-order valence-corrected chi connectivity index (χ1v) is 9.70. The number of sulfonamides is 1. The van der Waals surface area contributed by atoms with Gasteiger partial charge in [-0.1, -0.05) is 29.8 Å². The lowest BCUT2D eigenvalue weighted by atomic mass is 10.1. The number of rotatable bonds is 6. The van der Waals surface area contributed by atoms with Crippen molar-refractivity contribution in [3.05, 3.63) is 58.9 Å². The number of hydrogen-bond donors (Lipinski definition) is 1. The third-order valence-electron chi connectivity index (χ3n) is 4.05. The molecule has 2 aromatic rings. The molecule has 1 aromatic heterocycles. The van der Waals surface area contributed by atoms with Crippen LogP contribution in [0.2, 0.25) is 5.15 Å². The third kappa shape index (κ3) is 4.49. The number of benzene rings is 1. The van der Waals surface area contributed by atoms with Crippen molar-refractivity contribution in [3.63, 3.8) is 0 Å². The Morgan fingerprint density at radius 1 is 1.36 bits per heavy atom. The number of nitrogens with zero attached hydrogens (tertiary/aromatic N) is 1. The van der Waals surface area contributed by atoms with Gasteiger partial charge in [0.05, 0.1) is 12.9 Å². The van der Waals surface area contributed by atoms with Gasteiger partial charge in [-0.3, -0.25) is 9.52 Å². The number of carbonyl (C=O) groups is 1. The Labute approximate surface area is 151 Å². The van der Waals surface area contributed by atoms with Crippen molar-refractivity contribution in [2.45, 2.75) is 18.1 Å². The van der Waals surface area contributed by atoms with E-state index in [1.165, 1.54) is 12.3 Å². The molecule has 1 aliphatic rings. The molecular weight excluding hydrogens is 364 g/mol. The van der Waals surface area contributed by atoms with Crippen molar-refractivity contribution in [3.8, 4) is 5.75 Å². The summed E-state index contributed by atoms with van der Waals surface area (Å²) < 4.78 is 31.6. The summed E-state index contributed by atoms with van der Waals surface area (Å²) in [6, 6.07) is 10.5. The smallest absolute Gasteiger partial charge is 0.239 e. The summed E-state index contributed by atoms with van der Waals surface area (Å²) in [7, 11) is -2.20. The Hall–Kier alpha value is -2.12. The Morgan fingerprint density at radius 2 is 2.16 bits per heavy atom. The Bertz CT molecular complexity index is 884. The Balaban J connectivity index is 1.61. The summed E-state index contributed by atoms with van der Waals surface area (Å²) in [5, 5.41) is 0.282. The number of ether oxygens (including phenoxy) is 1. The van der Waals surface area contributed by atoms with E-state index >= 15 is 0 Å². The van der Waals surface area contributed by atoms with Crippen molar-refractivity contribution in [2.24, 2.45) is 5.92 Å². The monoisotopic (exact) mass is 380 g/mol. The van der Waals surface area contributed by atoms with E-state index in [1.54, 1.807) is 13.2 Å². The van der Waals surface area contributed by atoms with E-state index in [4.69, 9.17) is 16.3 Å². The van der Waals surface area contributed by atoms with Crippen molar-refractivity contribution >= 4 is 27.5 Å². The van der Waals surface area contributed by atoms with Gasteiger partial charge in [-0.05, 0) is 41.7 Å². The van der Waals surface area contributed by atoms with Crippen LogP contribution in [0.1, 0.15) is 23.5 Å². The van der Waals surface area contributed by atoms with Gasteiger partial charge < -0.3 is 4.74 Å². The second-order valence-electron chi connectivity index (χ2n) is 5.94. The van der Waals surface area contributed by atoms with Gasteiger partial charge in [0.25, 0.3) is 0 Å². The molecule has 1 N–H and O–H groups in total. The molecule has 2 atom stereocenters. The molecule has 1 aromatic carbocycles. The molecular formula is C17H17ClN2O4S. The maximum Gasteiger partial charge on any atom is 0.239 e. The molecule has 1 amide bonds. The summed E-state index contributed by atoms with van der Waals surface area (Å²) in [5.74, 6) is -0.409. The van der Waals surface area contributed by atoms with Crippen LogP contribution in [0.15, 0.2) is 42.6 Å². The first-order valence-electron chi connectivity index (χ1n) is 7.66. The zero-order chi connectivity index (χ0) is 18.0. The minimum Gasteiger partial charge on any atom is -0.497 e. The van der Waals surface area contributed by atoms with Gasteiger partial charge >= 0.3 is 0 Å². The van der Waals surface area contributed by atoms with Crippen molar-refractivity contribution in [1.29, 1.82) is 0 Å². The van der Waals surface area contributed by atoms with Crippen LogP contribution in [0.25, 0.3) is 0 Å². The van der Waals surface area contributed by atoms with Crippen LogP contribution < -0.4 is 9.46 Å². The van der Waals surface area contributed by atoms with Gasteiger partial charge in [-0.15, -0.1) is 0 Å². The van der Waals surface area contributed by atoms with Crippen molar-refractivity contribution in [1.82, 2.24) is 9.71 Å². The first kappa shape index (κ1) is 17.7. The molecule has 1 aliphatic carbocycles. The standard InChI is InChI=1S/C17H17ClN2O4S/c1-24-13-4-2-3-12(7-13)14-8-15(14)17(21)20-25(22,23)10-11-5-6-16(18)19-9-11/h2-7,9,14-15H,8,10H2,1H3,(H,20,21)/t14-,15-/m0/s1. The highest BCUT2D eigenvalue weighted by molar-refractivity contribution is 7.89. The molecule has 1 heterocycles. The quantitative estimate of drug-likeness (QED) is 0.778. The molecule has 0 spiro atoms. The average Bonchev–Trinajstić information content (AvgIpc) is 3.37. The largest absolute Gasteiger partial charge is 0.497 e. The van der Waals surface area contributed by atoms with Gasteiger partial charge in [-0.2, -0.15) is 0 Å². The number of pyridine rings is 1. The molecule has 3 rings (SSSR count). The molecule has 1 saturated carbocycles. The number of carbonyl (C=O) groups excluding carboxylic acids is 1. The molecule has 132 valence electrons. The summed E-state index contributed by atoms with van der Waals surface area (Å²) in [4.78, 5) is 16.1. The molecule has 0 unspecified atom stereocenters. The zero-order valence-corrected chi connectivity index (χ0v) is 15.0. The highest BCUT2D eigenvalue weighted by Gasteiger charge is 2.45. The van der Waals surface area contributed by atoms with Crippen LogP contribution in [0.4, 0.5) is 0 Å². The van der Waals surface area contributed by atoms with Crippen LogP contribution in [-0.2, 0) is 20.6 Å². The average molecular weight is 381 g/mol. The molecule has 8 heteroatoms. The normalized spacial score (nSPS) is 19.3. The molecule has 6 nitrogen and oxygen atoms in total. The topological polar surface area (TPSA) is 85.4 Å². The van der Waals surface area contributed by atoms with Gasteiger partial charge in [-0.25, -0.2) is 13.4 Å². The van der Waals surface area contributed by atoms with Crippen LogP contribution in [-0.4, -0.2) is 26.4 Å². The first-order chi connectivity index (χ1) is 11.9. The maximum absolute atomic E-state index is 12.2.